The van der Waals surface area contributed by atoms with Gasteiger partial charge in [-0.05, 0) is 44.6 Å². The van der Waals surface area contributed by atoms with Gasteiger partial charge in [0.05, 0.1) is 13.2 Å². The highest BCUT2D eigenvalue weighted by Crippen LogP contribution is 2.15. The summed E-state index contributed by atoms with van der Waals surface area (Å²) in [6.07, 6.45) is 22.1. The molecule has 0 amide bonds. The van der Waals surface area contributed by atoms with E-state index in [0.29, 0.717) is 13.1 Å². The minimum atomic E-state index is 0. The fourth-order valence-corrected chi connectivity index (χ4v) is 3.38. The molecule has 0 saturated heterocycles. The van der Waals surface area contributed by atoms with Gasteiger partial charge >= 0.3 is 0 Å². The highest BCUT2D eigenvalue weighted by atomic mass is 35.5. The first-order chi connectivity index (χ1) is 12.7. The van der Waals surface area contributed by atoms with Gasteiger partial charge in [0.2, 0.25) is 0 Å². The fraction of sp³-hybridized carbons (Fsp3) is 0.913. The first kappa shape index (κ1) is 29.1. The van der Waals surface area contributed by atoms with Crippen LogP contribution in [0.1, 0.15) is 97.3 Å². The van der Waals surface area contributed by atoms with Crippen LogP contribution in [0.4, 0.5) is 0 Å². The summed E-state index contributed by atoms with van der Waals surface area (Å²) in [6.45, 7) is 7.31. The van der Waals surface area contributed by atoms with E-state index in [-0.39, 0.29) is 25.6 Å². The molecule has 3 nitrogen and oxygen atoms in total. The Morgan fingerprint density at radius 2 is 1.22 bits per heavy atom. The van der Waals surface area contributed by atoms with E-state index in [1.54, 1.807) is 0 Å². The topological polar surface area (TPSA) is 43.7 Å². The standard InChI is InChI=1S/C23H47NO2.ClH/c1-3-4-5-6-7-8-9-10-11-12-13-14-15-16-23(2)17-18-24(19-21-25)20-22-26;/h10-11,23,25-26H,3-9,12-22H2,1-2H3;1H/b11-10-;. The Labute approximate surface area is 176 Å². The second-order valence-electron chi connectivity index (χ2n) is 7.85. The number of hydrogen-bond donors (Lipinski definition) is 2. The van der Waals surface area contributed by atoms with E-state index in [1.807, 2.05) is 0 Å². The number of aliphatic hydroxyl groups excluding tert-OH is 2. The number of hydrogen-bond acceptors (Lipinski definition) is 3. The maximum atomic E-state index is 9.04. The van der Waals surface area contributed by atoms with Crippen LogP contribution in [0.15, 0.2) is 12.2 Å². The van der Waals surface area contributed by atoms with E-state index in [1.165, 1.54) is 77.0 Å². The normalized spacial score (nSPS) is 12.6. The van der Waals surface area contributed by atoms with Crippen LogP contribution >= 0.6 is 12.4 Å². The van der Waals surface area contributed by atoms with Crippen LogP contribution in [0.25, 0.3) is 0 Å². The highest BCUT2D eigenvalue weighted by Gasteiger charge is 2.07. The molecule has 0 radical (unpaired) electrons. The van der Waals surface area contributed by atoms with E-state index < -0.39 is 0 Å². The van der Waals surface area contributed by atoms with Crippen LogP contribution in [-0.2, 0) is 0 Å². The minimum Gasteiger partial charge on any atom is -0.395 e. The third-order valence-corrected chi connectivity index (χ3v) is 5.23. The third-order valence-electron chi connectivity index (χ3n) is 5.23. The van der Waals surface area contributed by atoms with Crippen molar-refractivity contribution in [3.8, 4) is 0 Å². The summed E-state index contributed by atoms with van der Waals surface area (Å²) >= 11 is 0. The monoisotopic (exact) mass is 405 g/mol. The van der Waals surface area contributed by atoms with E-state index in [0.717, 1.165) is 18.9 Å². The number of rotatable bonds is 20. The van der Waals surface area contributed by atoms with Crippen molar-refractivity contribution in [1.29, 1.82) is 0 Å². The molecule has 4 heteroatoms. The van der Waals surface area contributed by atoms with Crippen LogP contribution in [0.3, 0.4) is 0 Å². The summed E-state index contributed by atoms with van der Waals surface area (Å²) in [4.78, 5) is 2.16. The first-order valence-electron chi connectivity index (χ1n) is 11.3. The zero-order chi connectivity index (χ0) is 19.3. The summed E-state index contributed by atoms with van der Waals surface area (Å²) in [5.41, 5.74) is 0. The van der Waals surface area contributed by atoms with Gasteiger partial charge in [0.15, 0.2) is 0 Å². The van der Waals surface area contributed by atoms with Gasteiger partial charge in [-0.3, -0.25) is 4.90 Å². The lowest BCUT2D eigenvalue weighted by molar-refractivity contribution is 0.154. The van der Waals surface area contributed by atoms with Gasteiger partial charge in [-0.1, -0.05) is 77.4 Å². The summed E-state index contributed by atoms with van der Waals surface area (Å²) < 4.78 is 0. The Bertz CT molecular complexity index is 294. The average molecular weight is 406 g/mol. The summed E-state index contributed by atoms with van der Waals surface area (Å²) in [7, 11) is 0. The molecule has 0 rings (SSSR count). The van der Waals surface area contributed by atoms with Gasteiger partial charge in [-0.2, -0.15) is 0 Å². The SMILES string of the molecule is CCCCCCCC/C=C\CCCCCC(C)CCN(CCO)CCO.Cl. The molecule has 0 bridgehead atoms. The largest absolute Gasteiger partial charge is 0.395 e. The Morgan fingerprint density at radius 3 is 1.78 bits per heavy atom. The van der Waals surface area contributed by atoms with E-state index in [9.17, 15) is 0 Å². The third kappa shape index (κ3) is 22.1. The Kier molecular flexibility index (Phi) is 25.8. The smallest absolute Gasteiger partial charge is 0.0558 e. The fourth-order valence-electron chi connectivity index (χ4n) is 3.38. The lowest BCUT2D eigenvalue weighted by atomic mass is 9.99. The number of aliphatic hydroxyl groups is 2. The van der Waals surface area contributed by atoms with Crippen molar-refractivity contribution in [3.05, 3.63) is 12.2 Å². The molecule has 0 aliphatic carbocycles. The minimum absolute atomic E-state index is 0. The molecule has 2 N–H and O–H groups in total. The Balaban J connectivity index is 0. The molecule has 0 fully saturated rings. The molecule has 0 aromatic rings. The molecule has 1 atom stereocenters. The first-order valence-corrected chi connectivity index (χ1v) is 11.3. The van der Waals surface area contributed by atoms with Gasteiger partial charge in [-0.25, -0.2) is 0 Å². The van der Waals surface area contributed by atoms with Gasteiger partial charge in [-0.15, -0.1) is 12.4 Å². The molecule has 0 aliphatic rings. The molecule has 0 spiro atoms. The predicted molar refractivity (Wildman–Crippen MR) is 122 cm³/mol. The molecular formula is C23H48ClNO2. The molecule has 27 heavy (non-hydrogen) atoms. The van der Waals surface area contributed by atoms with Crippen molar-refractivity contribution < 1.29 is 10.2 Å². The predicted octanol–water partition coefficient (Wildman–Crippen LogP) is 5.98. The van der Waals surface area contributed by atoms with Crippen LogP contribution < -0.4 is 0 Å². The zero-order valence-electron chi connectivity index (χ0n) is 18.2. The van der Waals surface area contributed by atoms with Crippen molar-refractivity contribution in [3.63, 3.8) is 0 Å². The van der Waals surface area contributed by atoms with Crippen molar-refractivity contribution in [1.82, 2.24) is 4.90 Å². The molecule has 0 heterocycles. The Morgan fingerprint density at radius 1 is 0.704 bits per heavy atom. The molecule has 1 unspecified atom stereocenters. The van der Waals surface area contributed by atoms with Gasteiger partial charge in [0, 0.05) is 13.1 Å². The maximum absolute atomic E-state index is 9.04. The number of allylic oxidation sites excluding steroid dienone is 2. The molecule has 0 aromatic heterocycles. The average Bonchev–Trinajstić information content (AvgIpc) is 2.64. The molecule has 0 aliphatic heterocycles. The highest BCUT2D eigenvalue weighted by molar-refractivity contribution is 5.85. The number of unbranched alkanes of at least 4 members (excludes halogenated alkanes) is 9. The molecule has 164 valence electrons. The second kappa shape index (κ2) is 23.9. The molecule has 0 saturated carbocycles. The van der Waals surface area contributed by atoms with Crippen LogP contribution in [-0.4, -0.2) is 48.0 Å². The molecule has 0 aromatic carbocycles. The summed E-state index contributed by atoms with van der Waals surface area (Å²) in [5, 5.41) is 18.1. The lowest BCUT2D eigenvalue weighted by Gasteiger charge is -2.22. The van der Waals surface area contributed by atoms with Crippen molar-refractivity contribution in [2.75, 3.05) is 32.8 Å². The van der Waals surface area contributed by atoms with Gasteiger partial charge in [0.25, 0.3) is 0 Å². The van der Waals surface area contributed by atoms with E-state index in [4.69, 9.17) is 10.2 Å². The van der Waals surface area contributed by atoms with Gasteiger partial charge in [0.1, 0.15) is 0 Å². The summed E-state index contributed by atoms with van der Waals surface area (Å²) in [5.74, 6) is 0.734. The van der Waals surface area contributed by atoms with Crippen LogP contribution in [0.5, 0.6) is 0 Å². The van der Waals surface area contributed by atoms with Gasteiger partial charge < -0.3 is 10.2 Å². The van der Waals surface area contributed by atoms with E-state index in [2.05, 4.69) is 30.9 Å². The number of nitrogens with zero attached hydrogens (tertiary/aromatic N) is 1. The van der Waals surface area contributed by atoms with Crippen molar-refractivity contribution in [2.45, 2.75) is 97.3 Å². The quantitative estimate of drug-likeness (QED) is 0.193. The lowest BCUT2D eigenvalue weighted by Crippen LogP contribution is -2.31. The van der Waals surface area contributed by atoms with Crippen molar-refractivity contribution >= 4 is 12.4 Å². The van der Waals surface area contributed by atoms with E-state index >= 15 is 0 Å². The van der Waals surface area contributed by atoms with Crippen LogP contribution in [0, 0.1) is 5.92 Å². The van der Waals surface area contributed by atoms with Crippen molar-refractivity contribution in [2.24, 2.45) is 5.92 Å². The number of halogens is 1. The second-order valence-corrected chi connectivity index (χ2v) is 7.85. The summed E-state index contributed by atoms with van der Waals surface area (Å²) in [6, 6.07) is 0. The Hall–Kier alpha value is -0.0900. The van der Waals surface area contributed by atoms with Crippen LogP contribution in [0.2, 0.25) is 0 Å². The zero-order valence-corrected chi connectivity index (χ0v) is 19.0. The molecular weight excluding hydrogens is 358 g/mol. The maximum Gasteiger partial charge on any atom is 0.0558 e.